The number of aryl methyl sites for hydroxylation is 2. The van der Waals surface area contributed by atoms with Gasteiger partial charge >= 0.3 is 0 Å². The zero-order valence-corrected chi connectivity index (χ0v) is 21.4. The van der Waals surface area contributed by atoms with E-state index < -0.39 is 22.5 Å². The van der Waals surface area contributed by atoms with Gasteiger partial charge in [0, 0.05) is 10.7 Å². The molecule has 0 radical (unpaired) electrons. The maximum atomic E-state index is 13.6. The maximum absolute atomic E-state index is 13.6. The van der Waals surface area contributed by atoms with Crippen LogP contribution in [0.4, 0.5) is 11.4 Å². The number of carbonyl (C=O) groups excluding carboxylic acids is 1. The van der Waals surface area contributed by atoms with Crippen LogP contribution in [0.2, 0.25) is 5.02 Å². The second-order valence-corrected chi connectivity index (χ2v) is 10.5. The van der Waals surface area contributed by atoms with E-state index in [9.17, 15) is 13.2 Å². The van der Waals surface area contributed by atoms with Crippen LogP contribution in [-0.2, 0) is 14.8 Å². The molecule has 0 fully saturated rings. The zero-order chi connectivity index (χ0) is 25.7. The molecule has 0 aliphatic heterocycles. The fourth-order valence-corrected chi connectivity index (χ4v) is 5.19. The molecule has 0 spiro atoms. The first-order chi connectivity index (χ1) is 17.2. The number of nitrogens with one attached hydrogen (secondary N) is 1. The van der Waals surface area contributed by atoms with Crippen LogP contribution in [0.15, 0.2) is 102 Å². The van der Waals surface area contributed by atoms with Crippen molar-refractivity contribution in [2.24, 2.45) is 0 Å². The molecule has 8 heteroatoms. The first kappa shape index (κ1) is 25.3. The van der Waals surface area contributed by atoms with Crippen molar-refractivity contribution < 1.29 is 17.9 Å². The number of benzene rings is 4. The number of rotatable bonds is 8. The minimum Gasteiger partial charge on any atom is -0.457 e. The standard InChI is InChI=1S/C28H25ClN2O4S/c1-20-8-15-26(16-9-20)36(33,34)31(19-28(32)30-27-17-10-22(29)18-21(27)2)23-11-13-25(14-12-23)35-24-6-4-3-5-7-24/h3-18H,19H2,1-2H3,(H,30,32). The second-order valence-electron chi connectivity index (χ2n) is 8.24. The summed E-state index contributed by atoms with van der Waals surface area (Å²) >= 11 is 6.01. The molecule has 184 valence electrons. The van der Waals surface area contributed by atoms with E-state index in [0.717, 1.165) is 15.4 Å². The van der Waals surface area contributed by atoms with Gasteiger partial charge in [0.1, 0.15) is 18.0 Å². The number of anilines is 2. The van der Waals surface area contributed by atoms with Crippen molar-refractivity contribution in [3.05, 3.63) is 113 Å². The Morgan fingerprint density at radius 3 is 2.14 bits per heavy atom. The van der Waals surface area contributed by atoms with E-state index in [0.29, 0.717) is 27.9 Å². The number of amides is 1. The van der Waals surface area contributed by atoms with Crippen molar-refractivity contribution >= 4 is 38.9 Å². The van der Waals surface area contributed by atoms with Gasteiger partial charge < -0.3 is 10.1 Å². The summed E-state index contributed by atoms with van der Waals surface area (Å²) in [6.45, 7) is 3.27. The SMILES string of the molecule is Cc1ccc(S(=O)(=O)N(CC(=O)Nc2ccc(Cl)cc2C)c2ccc(Oc3ccccc3)cc2)cc1. The molecule has 36 heavy (non-hydrogen) atoms. The van der Waals surface area contributed by atoms with Crippen LogP contribution in [0.25, 0.3) is 0 Å². The largest absolute Gasteiger partial charge is 0.457 e. The van der Waals surface area contributed by atoms with E-state index in [1.807, 2.05) is 44.2 Å². The maximum Gasteiger partial charge on any atom is 0.264 e. The fraction of sp³-hybridized carbons (Fsp3) is 0.107. The Morgan fingerprint density at radius 1 is 0.861 bits per heavy atom. The van der Waals surface area contributed by atoms with Crippen molar-refractivity contribution in [1.82, 2.24) is 0 Å². The number of halogens is 1. The molecule has 0 heterocycles. The molecular formula is C28H25ClN2O4S. The molecule has 4 rings (SSSR count). The lowest BCUT2D eigenvalue weighted by molar-refractivity contribution is -0.114. The number of hydrogen-bond acceptors (Lipinski definition) is 4. The predicted molar refractivity (Wildman–Crippen MR) is 143 cm³/mol. The van der Waals surface area contributed by atoms with Crippen LogP contribution >= 0.6 is 11.6 Å². The van der Waals surface area contributed by atoms with Gasteiger partial charge in [-0.25, -0.2) is 8.42 Å². The third kappa shape index (κ3) is 6.05. The van der Waals surface area contributed by atoms with Crippen LogP contribution in [-0.4, -0.2) is 20.9 Å². The Balaban J connectivity index is 1.63. The van der Waals surface area contributed by atoms with Gasteiger partial charge in [-0.1, -0.05) is 47.5 Å². The molecule has 1 amide bonds. The van der Waals surface area contributed by atoms with Gasteiger partial charge in [0.2, 0.25) is 5.91 Å². The molecule has 0 aliphatic rings. The van der Waals surface area contributed by atoms with Gasteiger partial charge in [-0.15, -0.1) is 0 Å². The van der Waals surface area contributed by atoms with Crippen LogP contribution in [0.1, 0.15) is 11.1 Å². The lowest BCUT2D eigenvalue weighted by Crippen LogP contribution is -2.38. The summed E-state index contributed by atoms with van der Waals surface area (Å²) in [5.41, 5.74) is 2.59. The predicted octanol–water partition coefficient (Wildman–Crippen LogP) is 6.58. The number of hydrogen-bond donors (Lipinski definition) is 1. The first-order valence-corrected chi connectivity index (χ1v) is 13.0. The Labute approximate surface area is 216 Å². The summed E-state index contributed by atoms with van der Waals surface area (Å²) in [6, 6.07) is 27.4. The van der Waals surface area contributed by atoms with Crippen molar-refractivity contribution in [2.75, 3.05) is 16.2 Å². The number of para-hydroxylation sites is 1. The van der Waals surface area contributed by atoms with E-state index in [4.69, 9.17) is 16.3 Å². The van der Waals surface area contributed by atoms with Crippen molar-refractivity contribution in [1.29, 1.82) is 0 Å². The molecule has 0 bridgehead atoms. The highest BCUT2D eigenvalue weighted by Crippen LogP contribution is 2.28. The number of carbonyl (C=O) groups is 1. The number of ether oxygens (including phenoxy) is 1. The molecule has 0 unspecified atom stereocenters. The molecule has 0 aromatic heterocycles. The molecule has 6 nitrogen and oxygen atoms in total. The van der Waals surface area contributed by atoms with Gasteiger partial charge in [-0.2, -0.15) is 0 Å². The highest BCUT2D eigenvalue weighted by atomic mass is 35.5. The van der Waals surface area contributed by atoms with E-state index in [-0.39, 0.29) is 4.90 Å². The minimum absolute atomic E-state index is 0.0909. The van der Waals surface area contributed by atoms with Crippen molar-refractivity contribution in [3.63, 3.8) is 0 Å². The van der Waals surface area contributed by atoms with Crippen molar-refractivity contribution in [2.45, 2.75) is 18.7 Å². The van der Waals surface area contributed by atoms with E-state index in [1.165, 1.54) is 12.1 Å². The smallest absolute Gasteiger partial charge is 0.264 e. The molecule has 0 saturated carbocycles. The highest BCUT2D eigenvalue weighted by Gasteiger charge is 2.27. The van der Waals surface area contributed by atoms with E-state index >= 15 is 0 Å². The van der Waals surface area contributed by atoms with E-state index in [2.05, 4.69) is 5.32 Å². The number of nitrogens with zero attached hydrogens (tertiary/aromatic N) is 1. The highest BCUT2D eigenvalue weighted by molar-refractivity contribution is 7.92. The average molecular weight is 521 g/mol. The van der Waals surface area contributed by atoms with Gasteiger partial charge in [-0.05, 0) is 86.1 Å². The van der Waals surface area contributed by atoms with Crippen molar-refractivity contribution in [3.8, 4) is 11.5 Å². The molecular weight excluding hydrogens is 496 g/mol. The second kappa shape index (κ2) is 10.8. The van der Waals surface area contributed by atoms with Crippen LogP contribution in [0.3, 0.4) is 0 Å². The monoisotopic (exact) mass is 520 g/mol. The summed E-state index contributed by atoms with van der Waals surface area (Å²) in [5.74, 6) is 0.715. The van der Waals surface area contributed by atoms with Crippen LogP contribution in [0.5, 0.6) is 11.5 Å². The third-order valence-electron chi connectivity index (χ3n) is 5.46. The molecule has 4 aromatic carbocycles. The molecule has 0 atom stereocenters. The quantitative estimate of drug-likeness (QED) is 0.284. The van der Waals surface area contributed by atoms with Gasteiger partial charge in [0.15, 0.2) is 0 Å². The normalized spacial score (nSPS) is 11.1. The Morgan fingerprint density at radius 2 is 1.50 bits per heavy atom. The summed E-state index contributed by atoms with van der Waals surface area (Å²) in [7, 11) is -4.04. The van der Waals surface area contributed by atoms with E-state index in [1.54, 1.807) is 54.6 Å². The van der Waals surface area contributed by atoms with Crippen LogP contribution in [0, 0.1) is 13.8 Å². The fourth-order valence-electron chi connectivity index (χ4n) is 3.55. The van der Waals surface area contributed by atoms with Gasteiger partial charge in [0.05, 0.1) is 10.6 Å². The zero-order valence-electron chi connectivity index (χ0n) is 19.8. The summed E-state index contributed by atoms with van der Waals surface area (Å²) in [6.07, 6.45) is 0. The average Bonchev–Trinajstić information content (AvgIpc) is 2.86. The Kier molecular flexibility index (Phi) is 7.62. The minimum atomic E-state index is -4.04. The number of sulfonamides is 1. The summed E-state index contributed by atoms with van der Waals surface area (Å²) in [4.78, 5) is 13.1. The topological polar surface area (TPSA) is 75.7 Å². The summed E-state index contributed by atoms with van der Waals surface area (Å²) < 4.78 is 34.1. The van der Waals surface area contributed by atoms with Gasteiger partial charge in [-0.3, -0.25) is 9.10 Å². The summed E-state index contributed by atoms with van der Waals surface area (Å²) in [5, 5.41) is 3.33. The molecule has 0 saturated heterocycles. The van der Waals surface area contributed by atoms with Crippen LogP contribution < -0.4 is 14.4 Å². The Bertz CT molecular complexity index is 1460. The molecule has 1 N–H and O–H groups in total. The third-order valence-corrected chi connectivity index (χ3v) is 7.49. The molecule has 4 aromatic rings. The lowest BCUT2D eigenvalue weighted by Gasteiger charge is -2.24. The molecule has 0 aliphatic carbocycles. The Hall–Kier alpha value is -3.81. The van der Waals surface area contributed by atoms with Gasteiger partial charge in [0.25, 0.3) is 10.0 Å². The first-order valence-electron chi connectivity index (χ1n) is 11.2. The lowest BCUT2D eigenvalue weighted by atomic mass is 10.2.